The summed E-state index contributed by atoms with van der Waals surface area (Å²) in [6, 6.07) is 0. The van der Waals surface area contributed by atoms with Gasteiger partial charge in [0.2, 0.25) is 17.7 Å². The third kappa shape index (κ3) is 2.74. The number of nitrogens with one attached hydrogen (secondary N) is 1. The summed E-state index contributed by atoms with van der Waals surface area (Å²) in [5, 5.41) is 22.8. The second-order valence-corrected chi connectivity index (χ2v) is 6.62. The largest absolute Gasteiger partial charge is 0.479 e. The molecule has 2 aliphatic rings. The molecule has 0 aromatic carbocycles. The maximum atomic E-state index is 11.4. The fourth-order valence-electron chi connectivity index (χ4n) is 3.79. The molecule has 2 aromatic rings. The molecule has 1 spiro atoms. The summed E-state index contributed by atoms with van der Waals surface area (Å²) < 4.78 is 18.7. The molecule has 1 amide bonds. The summed E-state index contributed by atoms with van der Waals surface area (Å²) >= 11 is 0. The zero-order valence-electron chi connectivity index (χ0n) is 15.0. The average molecular weight is 379 g/mol. The molecule has 2 aromatic heterocycles. The monoisotopic (exact) mass is 379 g/mol. The van der Waals surface area contributed by atoms with Crippen LogP contribution in [0.1, 0.15) is 26.0 Å². The fourth-order valence-corrected chi connectivity index (χ4v) is 3.79. The van der Waals surface area contributed by atoms with E-state index >= 15 is 0 Å². The van der Waals surface area contributed by atoms with E-state index in [9.17, 15) is 15.0 Å². The predicted molar refractivity (Wildman–Crippen MR) is 91.1 cm³/mol. The number of methoxy groups -OCH3 is 1. The number of hydrogen-bond acceptors (Lipinski definition) is 9. The molecule has 3 N–H and O–H groups in total. The SMILES string of the molecule is COc1nc(NC(C)=O)nc2c1ncn2C1OC(CO)C(O)C12CCCO2. The average Bonchev–Trinajstić information content (AvgIpc) is 3.34. The number of amides is 1. The van der Waals surface area contributed by atoms with Crippen LogP contribution < -0.4 is 10.1 Å². The van der Waals surface area contributed by atoms with Gasteiger partial charge >= 0.3 is 0 Å². The molecule has 11 heteroatoms. The molecule has 2 saturated heterocycles. The van der Waals surface area contributed by atoms with Crippen LogP contribution in [0.15, 0.2) is 6.33 Å². The zero-order chi connectivity index (χ0) is 19.2. The Labute approximate surface area is 154 Å². The van der Waals surface area contributed by atoms with Gasteiger partial charge in [-0.25, -0.2) is 4.98 Å². The molecular weight excluding hydrogens is 358 g/mol. The van der Waals surface area contributed by atoms with E-state index in [2.05, 4.69) is 20.3 Å². The van der Waals surface area contributed by atoms with E-state index in [1.807, 2.05) is 0 Å². The van der Waals surface area contributed by atoms with Crippen LogP contribution in [0, 0.1) is 0 Å². The van der Waals surface area contributed by atoms with Crippen molar-refractivity contribution in [3.05, 3.63) is 6.33 Å². The maximum Gasteiger partial charge on any atom is 0.246 e. The van der Waals surface area contributed by atoms with Gasteiger partial charge in [0.05, 0.1) is 20.0 Å². The first-order valence-corrected chi connectivity index (χ1v) is 8.64. The van der Waals surface area contributed by atoms with Gasteiger partial charge in [-0.1, -0.05) is 0 Å². The Bertz CT molecular complexity index is 864. The first-order valence-electron chi connectivity index (χ1n) is 8.64. The number of aromatic nitrogens is 4. The molecule has 0 aliphatic carbocycles. The third-order valence-electron chi connectivity index (χ3n) is 4.96. The van der Waals surface area contributed by atoms with E-state index in [0.717, 1.165) is 6.42 Å². The summed E-state index contributed by atoms with van der Waals surface area (Å²) in [5.41, 5.74) is -0.269. The Morgan fingerprint density at radius 2 is 2.33 bits per heavy atom. The number of nitrogens with zero attached hydrogens (tertiary/aromatic N) is 4. The highest BCUT2D eigenvalue weighted by Gasteiger charge is 2.59. The van der Waals surface area contributed by atoms with E-state index in [4.69, 9.17) is 14.2 Å². The van der Waals surface area contributed by atoms with Crippen LogP contribution in [0.4, 0.5) is 5.95 Å². The molecule has 0 bridgehead atoms. The van der Waals surface area contributed by atoms with Crippen LogP contribution in [0.2, 0.25) is 0 Å². The molecule has 4 unspecified atom stereocenters. The van der Waals surface area contributed by atoms with Crippen molar-refractivity contribution in [1.29, 1.82) is 0 Å². The van der Waals surface area contributed by atoms with Gasteiger partial charge in [-0.15, -0.1) is 0 Å². The highest BCUT2D eigenvalue weighted by molar-refractivity contribution is 5.88. The van der Waals surface area contributed by atoms with Crippen LogP contribution in [0.25, 0.3) is 11.2 Å². The Kier molecular flexibility index (Phi) is 4.46. The molecule has 2 aliphatic heterocycles. The number of fused-ring (bicyclic) bond motifs is 1. The molecule has 4 rings (SSSR count). The molecule has 0 saturated carbocycles. The number of imidazole rings is 1. The van der Waals surface area contributed by atoms with Crippen molar-refractivity contribution >= 4 is 23.0 Å². The molecule has 27 heavy (non-hydrogen) atoms. The minimum atomic E-state index is -1.01. The van der Waals surface area contributed by atoms with Crippen molar-refractivity contribution < 1.29 is 29.2 Å². The summed E-state index contributed by atoms with van der Waals surface area (Å²) in [6.45, 7) is 1.49. The predicted octanol–water partition coefficient (Wildman–Crippen LogP) is -0.407. The maximum absolute atomic E-state index is 11.4. The Morgan fingerprint density at radius 1 is 1.52 bits per heavy atom. The number of carbonyl (C=O) groups is 1. The van der Waals surface area contributed by atoms with Crippen LogP contribution in [0.5, 0.6) is 5.88 Å². The third-order valence-corrected chi connectivity index (χ3v) is 4.96. The number of ether oxygens (including phenoxy) is 3. The van der Waals surface area contributed by atoms with Gasteiger partial charge in [0.15, 0.2) is 17.4 Å². The van der Waals surface area contributed by atoms with Gasteiger partial charge < -0.3 is 24.4 Å². The molecular formula is C16H21N5O6. The van der Waals surface area contributed by atoms with Gasteiger partial charge in [0.25, 0.3) is 0 Å². The van der Waals surface area contributed by atoms with Crippen LogP contribution >= 0.6 is 0 Å². The zero-order valence-corrected chi connectivity index (χ0v) is 15.0. The van der Waals surface area contributed by atoms with E-state index < -0.39 is 24.0 Å². The first kappa shape index (κ1) is 18.0. The quantitative estimate of drug-likeness (QED) is 0.646. The van der Waals surface area contributed by atoms with E-state index in [0.29, 0.717) is 24.2 Å². The second kappa shape index (κ2) is 6.68. The molecule has 0 radical (unpaired) electrons. The molecule has 2 fully saturated rings. The molecule has 146 valence electrons. The highest BCUT2D eigenvalue weighted by Crippen LogP contribution is 2.48. The van der Waals surface area contributed by atoms with Crippen molar-refractivity contribution in [2.24, 2.45) is 0 Å². The topological polar surface area (TPSA) is 141 Å². The van der Waals surface area contributed by atoms with Gasteiger partial charge in [-0.3, -0.25) is 14.7 Å². The minimum Gasteiger partial charge on any atom is -0.479 e. The standard InChI is InChI=1S/C16H21N5O6/c1-8(23)18-15-19-12-10(13(20-15)25-2)17-7-21(12)14-16(4-3-5-26-16)11(24)9(6-22)27-14/h7,9,11,14,22,24H,3-6H2,1-2H3,(H,18,19,20,23). The number of hydrogen-bond donors (Lipinski definition) is 3. The van der Waals surface area contributed by atoms with Gasteiger partial charge in [-0.05, 0) is 12.8 Å². The van der Waals surface area contributed by atoms with E-state index in [1.54, 1.807) is 4.57 Å². The molecule has 4 atom stereocenters. The van der Waals surface area contributed by atoms with Crippen LogP contribution in [-0.2, 0) is 14.3 Å². The van der Waals surface area contributed by atoms with E-state index in [-0.39, 0.29) is 24.3 Å². The van der Waals surface area contributed by atoms with Crippen molar-refractivity contribution in [1.82, 2.24) is 19.5 Å². The van der Waals surface area contributed by atoms with Crippen molar-refractivity contribution in [2.75, 3.05) is 25.6 Å². The lowest BCUT2D eigenvalue weighted by Gasteiger charge is -2.31. The van der Waals surface area contributed by atoms with Crippen LogP contribution in [-0.4, -0.2) is 73.8 Å². The summed E-state index contributed by atoms with van der Waals surface area (Å²) in [6.07, 6.45) is 0.296. The van der Waals surface area contributed by atoms with Crippen LogP contribution in [0.3, 0.4) is 0 Å². The fraction of sp³-hybridized carbons (Fsp3) is 0.625. The molecule has 4 heterocycles. The van der Waals surface area contributed by atoms with Crippen molar-refractivity contribution in [2.45, 2.75) is 43.8 Å². The minimum absolute atomic E-state index is 0.0623. The van der Waals surface area contributed by atoms with Gasteiger partial charge in [0.1, 0.15) is 17.8 Å². The summed E-state index contributed by atoms with van der Waals surface area (Å²) in [5.74, 6) is -0.0701. The number of carbonyl (C=O) groups excluding carboxylic acids is 1. The highest BCUT2D eigenvalue weighted by atomic mass is 16.6. The molecule has 11 nitrogen and oxygen atoms in total. The number of aliphatic hydroxyl groups is 2. The van der Waals surface area contributed by atoms with Gasteiger partial charge in [0, 0.05) is 13.5 Å². The smallest absolute Gasteiger partial charge is 0.246 e. The number of anilines is 1. The number of rotatable bonds is 4. The summed E-state index contributed by atoms with van der Waals surface area (Å²) in [4.78, 5) is 24.2. The van der Waals surface area contributed by atoms with E-state index in [1.165, 1.54) is 20.4 Å². The van der Waals surface area contributed by atoms with Crippen molar-refractivity contribution in [3.8, 4) is 5.88 Å². The lowest BCUT2D eigenvalue weighted by atomic mass is 9.91. The van der Waals surface area contributed by atoms with Crippen molar-refractivity contribution in [3.63, 3.8) is 0 Å². The number of aliphatic hydroxyl groups excluding tert-OH is 2. The lowest BCUT2D eigenvalue weighted by molar-refractivity contribution is -0.119. The Hall–Kier alpha value is -2.34. The Morgan fingerprint density at radius 3 is 2.96 bits per heavy atom. The second-order valence-electron chi connectivity index (χ2n) is 6.62. The normalized spacial score (nSPS) is 30.3. The summed E-state index contributed by atoms with van der Waals surface area (Å²) in [7, 11) is 1.44. The Balaban J connectivity index is 1.84. The lowest BCUT2D eigenvalue weighted by Crippen LogP contribution is -2.46. The first-order chi connectivity index (χ1) is 13.0. The van der Waals surface area contributed by atoms with Gasteiger partial charge in [-0.2, -0.15) is 9.97 Å².